The average Bonchev–Trinajstić information content (AvgIpc) is 3.20. The first-order valence-corrected chi connectivity index (χ1v) is 12.2. The van der Waals surface area contributed by atoms with Gasteiger partial charge >= 0.3 is 0 Å². The summed E-state index contributed by atoms with van der Waals surface area (Å²) in [7, 11) is 0. The first kappa shape index (κ1) is 22.9. The second-order valence-electron chi connectivity index (χ2n) is 8.22. The zero-order valence-corrected chi connectivity index (χ0v) is 19.4. The fourth-order valence-electron chi connectivity index (χ4n) is 3.85. The van der Waals surface area contributed by atoms with Gasteiger partial charge in [0.2, 0.25) is 16.9 Å². The number of rotatable bonds is 9. The molecule has 0 aliphatic carbocycles. The van der Waals surface area contributed by atoms with Crippen LogP contribution in [0.1, 0.15) is 42.6 Å². The molecule has 2 aromatic carbocycles. The lowest BCUT2D eigenvalue weighted by Gasteiger charge is -2.22. The molecule has 4 rings (SSSR count). The van der Waals surface area contributed by atoms with Gasteiger partial charge in [-0.05, 0) is 30.4 Å². The predicted octanol–water partition coefficient (Wildman–Crippen LogP) is 3.31. The van der Waals surface area contributed by atoms with Gasteiger partial charge in [0, 0.05) is 44.0 Å². The van der Waals surface area contributed by atoms with E-state index in [-0.39, 0.29) is 18.2 Å². The Hall–Kier alpha value is -3.26. The van der Waals surface area contributed by atoms with Gasteiger partial charge in [0.15, 0.2) is 0 Å². The fraction of sp³-hybridized carbons (Fsp3) is 0.360. The van der Waals surface area contributed by atoms with Crippen molar-refractivity contribution in [2.45, 2.75) is 44.7 Å². The number of benzene rings is 2. The third-order valence-electron chi connectivity index (χ3n) is 5.63. The number of carbonyl (C=O) groups excluding carboxylic acids is 2. The summed E-state index contributed by atoms with van der Waals surface area (Å²) in [5.41, 5.74) is 2.30. The molecule has 1 aliphatic heterocycles. The quantitative estimate of drug-likeness (QED) is 0.508. The molecule has 1 atom stereocenters. The van der Waals surface area contributed by atoms with Gasteiger partial charge in [0.1, 0.15) is 11.9 Å². The number of nitrogens with one attached hydrogen (secondary N) is 2. The molecule has 2 N–H and O–H groups in total. The molecule has 172 valence electrons. The number of anilines is 1. The lowest BCUT2D eigenvalue weighted by Crippen LogP contribution is -2.46. The number of carbonyl (C=O) groups is 2. The van der Waals surface area contributed by atoms with E-state index < -0.39 is 6.04 Å². The van der Waals surface area contributed by atoms with Gasteiger partial charge in [0.05, 0.1) is 0 Å². The Morgan fingerprint density at radius 2 is 1.79 bits per heavy atom. The van der Waals surface area contributed by atoms with Crippen molar-refractivity contribution in [3.8, 4) is 0 Å². The molecule has 2 heterocycles. The Bertz CT molecular complexity index is 1040. The first-order valence-electron chi connectivity index (χ1n) is 11.4. The van der Waals surface area contributed by atoms with E-state index in [2.05, 4.69) is 44.2 Å². The predicted molar refractivity (Wildman–Crippen MR) is 130 cm³/mol. The second-order valence-corrected chi connectivity index (χ2v) is 8.95. The van der Waals surface area contributed by atoms with Crippen molar-refractivity contribution in [3.05, 3.63) is 77.6 Å². The molecule has 1 aliphatic rings. The maximum atomic E-state index is 12.7. The maximum Gasteiger partial charge on any atom is 0.242 e. The smallest absolute Gasteiger partial charge is 0.242 e. The minimum absolute atomic E-state index is 0.0864. The summed E-state index contributed by atoms with van der Waals surface area (Å²) in [4.78, 5) is 31.7. The minimum atomic E-state index is -0.443. The van der Waals surface area contributed by atoms with E-state index >= 15 is 0 Å². The number of hydrogen-bond donors (Lipinski definition) is 2. The highest BCUT2D eigenvalue weighted by Crippen LogP contribution is 2.22. The summed E-state index contributed by atoms with van der Waals surface area (Å²) in [5.74, 6) is 0.569. The molecule has 1 unspecified atom stereocenters. The van der Waals surface area contributed by atoms with E-state index in [1.54, 1.807) is 0 Å². The minimum Gasteiger partial charge on any atom is -0.354 e. The van der Waals surface area contributed by atoms with E-state index in [0.29, 0.717) is 32.5 Å². The highest BCUT2D eigenvalue weighted by atomic mass is 32.1. The third kappa shape index (κ3) is 6.86. The van der Waals surface area contributed by atoms with Crippen LogP contribution < -0.4 is 15.5 Å². The Labute approximate surface area is 198 Å². The van der Waals surface area contributed by atoms with Crippen LogP contribution in [0.15, 0.2) is 60.7 Å². The molecule has 1 fully saturated rings. The maximum absolute atomic E-state index is 12.7. The highest BCUT2D eigenvalue weighted by molar-refractivity contribution is 7.09. The van der Waals surface area contributed by atoms with Gasteiger partial charge in [-0.15, -0.1) is 0 Å². The van der Waals surface area contributed by atoms with Gasteiger partial charge in [-0.25, -0.2) is 4.98 Å². The SMILES string of the molecule is O=C(CCN(Cc1ccccc1)c1nc(Cc2ccccc2)ns1)NC1CCCCNC1=O. The number of nitrogens with zero attached hydrogens (tertiary/aromatic N) is 3. The van der Waals surface area contributed by atoms with Gasteiger partial charge in [-0.2, -0.15) is 4.37 Å². The van der Waals surface area contributed by atoms with Crippen molar-refractivity contribution < 1.29 is 9.59 Å². The van der Waals surface area contributed by atoms with Crippen LogP contribution in [0.3, 0.4) is 0 Å². The molecule has 0 bridgehead atoms. The lowest BCUT2D eigenvalue weighted by atomic mass is 10.1. The first-order chi connectivity index (χ1) is 16.2. The lowest BCUT2D eigenvalue weighted by molar-refractivity contribution is -0.128. The van der Waals surface area contributed by atoms with E-state index in [9.17, 15) is 9.59 Å². The Kier molecular flexibility index (Phi) is 8.03. The topological polar surface area (TPSA) is 87.2 Å². The van der Waals surface area contributed by atoms with Crippen molar-refractivity contribution in [2.24, 2.45) is 0 Å². The van der Waals surface area contributed by atoms with Crippen LogP contribution in [-0.2, 0) is 22.6 Å². The normalized spacial score (nSPS) is 16.0. The number of aromatic nitrogens is 2. The van der Waals surface area contributed by atoms with Crippen molar-refractivity contribution in [3.63, 3.8) is 0 Å². The second kappa shape index (κ2) is 11.6. The molecule has 1 aromatic heterocycles. The standard InChI is InChI=1S/C25H29N5O2S/c31-23(27-21-13-7-8-15-26-24(21)32)14-16-30(18-20-11-5-2-6-12-20)25-28-22(29-33-25)17-19-9-3-1-4-10-19/h1-6,9-12,21H,7-8,13-18H2,(H,26,32)(H,27,31). The Morgan fingerprint density at radius 3 is 2.55 bits per heavy atom. The summed E-state index contributed by atoms with van der Waals surface area (Å²) in [6.07, 6.45) is 3.52. The van der Waals surface area contributed by atoms with E-state index in [0.717, 1.165) is 34.9 Å². The van der Waals surface area contributed by atoms with Crippen LogP contribution in [-0.4, -0.2) is 40.3 Å². The van der Waals surface area contributed by atoms with Crippen molar-refractivity contribution in [1.82, 2.24) is 20.0 Å². The third-order valence-corrected chi connectivity index (χ3v) is 6.44. The van der Waals surface area contributed by atoms with Gasteiger partial charge in [-0.3, -0.25) is 9.59 Å². The molecule has 0 radical (unpaired) electrons. The summed E-state index contributed by atoms with van der Waals surface area (Å²) in [5, 5.41) is 6.57. The van der Waals surface area contributed by atoms with Gasteiger partial charge in [-0.1, -0.05) is 60.7 Å². The Morgan fingerprint density at radius 1 is 1.06 bits per heavy atom. The molecule has 0 saturated carbocycles. The van der Waals surface area contributed by atoms with E-state index in [1.165, 1.54) is 11.5 Å². The fourth-order valence-corrected chi connectivity index (χ4v) is 4.56. The van der Waals surface area contributed by atoms with Crippen LogP contribution in [0.25, 0.3) is 0 Å². The van der Waals surface area contributed by atoms with Gasteiger partial charge in [0.25, 0.3) is 0 Å². The molecule has 0 spiro atoms. The zero-order valence-electron chi connectivity index (χ0n) is 18.6. The van der Waals surface area contributed by atoms with Crippen LogP contribution >= 0.6 is 11.5 Å². The molecule has 7 nitrogen and oxygen atoms in total. The molecule has 1 saturated heterocycles. The van der Waals surface area contributed by atoms with Crippen molar-refractivity contribution >= 4 is 28.5 Å². The highest BCUT2D eigenvalue weighted by Gasteiger charge is 2.23. The summed E-state index contributed by atoms with van der Waals surface area (Å²) >= 11 is 1.36. The van der Waals surface area contributed by atoms with Crippen molar-refractivity contribution in [1.29, 1.82) is 0 Å². The number of amides is 2. The molecule has 3 aromatic rings. The largest absolute Gasteiger partial charge is 0.354 e. The summed E-state index contributed by atoms with van der Waals surface area (Å²) in [6.45, 7) is 1.81. The average molecular weight is 464 g/mol. The monoisotopic (exact) mass is 463 g/mol. The van der Waals surface area contributed by atoms with Crippen LogP contribution in [0, 0.1) is 0 Å². The molecule has 2 amide bonds. The number of hydrogen-bond acceptors (Lipinski definition) is 6. The van der Waals surface area contributed by atoms with E-state index in [4.69, 9.17) is 4.98 Å². The van der Waals surface area contributed by atoms with Crippen molar-refractivity contribution in [2.75, 3.05) is 18.0 Å². The van der Waals surface area contributed by atoms with Crippen LogP contribution in [0.4, 0.5) is 5.13 Å². The van der Waals surface area contributed by atoms with Gasteiger partial charge < -0.3 is 15.5 Å². The summed E-state index contributed by atoms with van der Waals surface area (Å²) in [6, 6.07) is 19.8. The molecule has 33 heavy (non-hydrogen) atoms. The Balaban J connectivity index is 1.41. The van der Waals surface area contributed by atoms with Crippen LogP contribution in [0.5, 0.6) is 0 Å². The van der Waals surface area contributed by atoms with E-state index in [1.807, 2.05) is 36.4 Å². The summed E-state index contributed by atoms with van der Waals surface area (Å²) < 4.78 is 4.55. The zero-order chi connectivity index (χ0) is 22.9. The van der Waals surface area contributed by atoms with Crippen LogP contribution in [0.2, 0.25) is 0 Å². The molecule has 8 heteroatoms. The molecular weight excluding hydrogens is 434 g/mol. The molecular formula is C25H29N5O2S.